The minimum absolute atomic E-state index is 0.302. The molecular weight excluding hydrogens is 347 g/mol. The summed E-state index contributed by atoms with van der Waals surface area (Å²) in [6.07, 6.45) is 0.881. The molecule has 2 aromatic carbocycles. The van der Waals surface area contributed by atoms with Gasteiger partial charge in [-0.2, -0.15) is 0 Å². The second-order valence-electron chi connectivity index (χ2n) is 6.76. The van der Waals surface area contributed by atoms with Crippen molar-refractivity contribution in [3.63, 3.8) is 0 Å². The topological polar surface area (TPSA) is 34.2 Å². The zero-order valence-corrected chi connectivity index (χ0v) is 15.4. The average molecular weight is 372 g/mol. The molecule has 0 saturated carbocycles. The Morgan fingerprint density at radius 1 is 0.926 bits per heavy atom. The predicted molar refractivity (Wildman–Crippen MR) is 103 cm³/mol. The molecule has 5 nitrogen and oxygen atoms in total. The second-order valence-corrected chi connectivity index (χ2v) is 6.76. The largest absolute Gasteiger partial charge is 0.490 e. The Bertz CT molecular complexity index is 763. The van der Waals surface area contributed by atoms with Gasteiger partial charge in [0.25, 0.3) is 0 Å². The van der Waals surface area contributed by atoms with Gasteiger partial charge < -0.3 is 19.1 Å². The minimum Gasteiger partial charge on any atom is -0.490 e. The molecule has 0 aliphatic carbocycles. The van der Waals surface area contributed by atoms with Crippen LogP contribution >= 0.6 is 0 Å². The lowest BCUT2D eigenvalue weighted by Crippen LogP contribution is -2.47. The Balaban J connectivity index is 1.23. The maximum Gasteiger partial charge on any atom is 0.184 e. The smallest absolute Gasteiger partial charge is 0.184 e. The van der Waals surface area contributed by atoms with Gasteiger partial charge in [-0.25, -0.2) is 4.39 Å². The number of rotatable bonds is 6. The standard InChI is InChI=1S/C21H25FN2O3/c22-17-5-1-2-7-19(17)25-14-4-9-23-10-12-24(13-11-23)18-6-3-8-20-21(18)27-16-15-26-20/h1-3,5-8H,4,9-16H2. The summed E-state index contributed by atoms with van der Waals surface area (Å²) in [6.45, 7) is 6.58. The van der Waals surface area contributed by atoms with E-state index >= 15 is 0 Å². The van der Waals surface area contributed by atoms with Gasteiger partial charge in [0.15, 0.2) is 23.1 Å². The van der Waals surface area contributed by atoms with E-state index in [9.17, 15) is 4.39 Å². The van der Waals surface area contributed by atoms with Crippen LogP contribution in [-0.4, -0.2) is 57.4 Å². The number of benzene rings is 2. The third kappa shape index (κ3) is 4.27. The number of hydrogen-bond donors (Lipinski definition) is 0. The van der Waals surface area contributed by atoms with E-state index in [4.69, 9.17) is 14.2 Å². The monoisotopic (exact) mass is 372 g/mol. The van der Waals surface area contributed by atoms with Gasteiger partial charge in [0.2, 0.25) is 0 Å². The van der Waals surface area contributed by atoms with Crippen molar-refractivity contribution in [1.29, 1.82) is 0 Å². The maximum absolute atomic E-state index is 13.5. The molecule has 0 radical (unpaired) electrons. The maximum atomic E-state index is 13.5. The molecule has 0 N–H and O–H groups in total. The Labute approximate surface area is 159 Å². The van der Waals surface area contributed by atoms with Gasteiger partial charge in [-0.1, -0.05) is 18.2 Å². The van der Waals surface area contributed by atoms with Crippen molar-refractivity contribution < 1.29 is 18.6 Å². The molecule has 2 heterocycles. The number of fused-ring (bicyclic) bond motifs is 1. The van der Waals surface area contributed by atoms with E-state index in [1.807, 2.05) is 12.1 Å². The van der Waals surface area contributed by atoms with Crippen LogP contribution in [0.2, 0.25) is 0 Å². The molecule has 144 valence electrons. The van der Waals surface area contributed by atoms with Gasteiger partial charge in [-0.3, -0.25) is 4.90 Å². The summed E-state index contributed by atoms with van der Waals surface area (Å²) in [5, 5.41) is 0. The molecule has 0 aromatic heterocycles. The summed E-state index contributed by atoms with van der Waals surface area (Å²) >= 11 is 0. The van der Waals surface area contributed by atoms with Crippen LogP contribution < -0.4 is 19.1 Å². The zero-order valence-electron chi connectivity index (χ0n) is 15.4. The van der Waals surface area contributed by atoms with Crippen LogP contribution in [0.5, 0.6) is 17.2 Å². The van der Waals surface area contributed by atoms with Gasteiger partial charge in [0.05, 0.1) is 12.3 Å². The highest BCUT2D eigenvalue weighted by atomic mass is 19.1. The van der Waals surface area contributed by atoms with Gasteiger partial charge >= 0.3 is 0 Å². The van der Waals surface area contributed by atoms with Crippen molar-refractivity contribution in [2.24, 2.45) is 0 Å². The summed E-state index contributed by atoms with van der Waals surface area (Å²) in [5.41, 5.74) is 1.12. The van der Waals surface area contributed by atoms with Gasteiger partial charge in [0.1, 0.15) is 13.2 Å². The average Bonchev–Trinajstić information content (AvgIpc) is 2.72. The van der Waals surface area contributed by atoms with Crippen LogP contribution in [0.25, 0.3) is 0 Å². The van der Waals surface area contributed by atoms with E-state index in [-0.39, 0.29) is 5.82 Å². The Morgan fingerprint density at radius 2 is 1.74 bits per heavy atom. The lowest BCUT2D eigenvalue weighted by Gasteiger charge is -2.37. The molecule has 2 aromatic rings. The van der Waals surface area contributed by atoms with E-state index in [1.54, 1.807) is 18.2 Å². The van der Waals surface area contributed by atoms with Crippen molar-refractivity contribution in [1.82, 2.24) is 4.90 Å². The van der Waals surface area contributed by atoms with Crippen molar-refractivity contribution in [2.75, 3.05) is 57.4 Å². The van der Waals surface area contributed by atoms with E-state index in [2.05, 4.69) is 15.9 Å². The molecule has 0 amide bonds. The van der Waals surface area contributed by atoms with Gasteiger partial charge in [-0.15, -0.1) is 0 Å². The lowest BCUT2D eigenvalue weighted by molar-refractivity contribution is 0.171. The molecule has 0 bridgehead atoms. The highest BCUT2D eigenvalue weighted by Gasteiger charge is 2.23. The van der Waals surface area contributed by atoms with E-state index < -0.39 is 0 Å². The fraction of sp³-hybridized carbons (Fsp3) is 0.429. The molecular formula is C21H25FN2O3. The number of anilines is 1. The van der Waals surface area contributed by atoms with E-state index in [0.29, 0.717) is 25.6 Å². The molecule has 0 atom stereocenters. The fourth-order valence-electron chi connectivity index (χ4n) is 3.55. The second kappa shape index (κ2) is 8.48. The fourth-order valence-corrected chi connectivity index (χ4v) is 3.55. The number of nitrogens with zero attached hydrogens (tertiary/aromatic N) is 2. The first-order valence-electron chi connectivity index (χ1n) is 9.54. The molecule has 1 fully saturated rings. The normalized spacial score (nSPS) is 17.0. The van der Waals surface area contributed by atoms with Crippen molar-refractivity contribution >= 4 is 5.69 Å². The van der Waals surface area contributed by atoms with Crippen LogP contribution in [-0.2, 0) is 0 Å². The SMILES string of the molecule is Fc1ccccc1OCCCN1CCN(c2cccc3c2OCCO3)CC1. The Kier molecular flexibility index (Phi) is 5.63. The number of hydrogen-bond acceptors (Lipinski definition) is 5. The van der Waals surface area contributed by atoms with E-state index in [1.165, 1.54) is 6.07 Å². The summed E-state index contributed by atoms with van der Waals surface area (Å²) in [4.78, 5) is 4.79. The molecule has 27 heavy (non-hydrogen) atoms. The number of halogens is 1. The van der Waals surface area contributed by atoms with Gasteiger partial charge in [0, 0.05) is 32.7 Å². The molecule has 2 aliphatic heterocycles. The van der Waals surface area contributed by atoms with Crippen molar-refractivity contribution in [3.8, 4) is 17.2 Å². The highest BCUT2D eigenvalue weighted by molar-refractivity contribution is 5.65. The van der Waals surface area contributed by atoms with Crippen LogP contribution in [0.1, 0.15) is 6.42 Å². The molecule has 0 unspecified atom stereocenters. The van der Waals surface area contributed by atoms with E-state index in [0.717, 1.165) is 56.3 Å². The predicted octanol–water partition coefficient (Wildman–Crippen LogP) is 3.19. The zero-order chi connectivity index (χ0) is 18.5. The number of para-hydroxylation sites is 2. The molecule has 6 heteroatoms. The molecule has 0 spiro atoms. The van der Waals surface area contributed by atoms with Crippen LogP contribution in [0.15, 0.2) is 42.5 Å². The lowest BCUT2D eigenvalue weighted by atomic mass is 10.2. The van der Waals surface area contributed by atoms with Crippen LogP contribution in [0.4, 0.5) is 10.1 Å². The highest BCUT2D eigenvalue weighted by Crippen LogP contribution is 2.39. The number of piperazine rings is 1. The van der Waals surface area contributed by atoms with Crippen LogP contribution in [0, 0.1) is 5.82 Å². The molecule has 4 rings (SSSR count). The van der Waals surface area contributed by atoms with Gasteiger partial charge in [-0.05, 0) is 30.7 Å². The summed E-state index contributed by atoms with van der Waals surface area (Å²) in [6, 6.07) is 12.6. The first-order chi connectivity index (χ1) is 13.3. The molecule has 1 saturated heterocycles. The quantitative estimate of drug-likeness (QED) is 0.728. The summed E-state index contributed by atoms with van der Waals surface area (Å²) in [5.74, 6) is 1.74. The van der Waals surface area contributed by atoms with Crippen molar-refractivity contribution in [3.05, 3.63) is 48.3 Å². The first-order valence-corrected chi connectivity index (χ1v) is 9.54. The minimum atomic E-state index is -0.302. The third-order valence-electron chi connectivity index (χ3n) is 4.97. The van der Waals surface area contributed by atoms with Crippen molar-refractivity contribution in [2.45, 2.75) is 6.42 Å². The first kappa shape index (κ1) is 17.9. The Morgan fingerprint density at radius 3 is 2.59 bits per heavy atom. The third-order valence-corrected chi connectivity index (χ3v) is 4.97. The summed E-state index contributed by atoms with van der Waals surface area (Å²) < 4.78 is 30.6. The van der Waals surface area contributed by atoms with Crippen LogP contribution in [0.3, 0.4) is 0 Å². The Hall–Kier alpha value is -2.47. The number of ether oxygens (including phenoxy) is 3. The molecule has 2 aliphatic rings. The summed E-state index contributed by atoms with van der Waals surface area (Å²) in [7, 11) is 0.